The SMILES string of the molecule is C=CCCCCCCCCCCC[Si](C)(C)F. The van der Waals surface area contributed by atoms with Gasteiger partial charge in [0.15, 0.2) is 0 Å². The molecule has 0 spiro atoms. The summed E-state index contributed by atoms with van der Waals surface area (Å²) in [6.45, 7) is 7.36. The Bertz CT molecular complexity index is 172. The van der Waals surface area contributed by atoms with Crippen LogP contribution < -0.4 is 0 Å². The first-order valence-electron chi connectivity index (χ1n) is 7.36. The van der Waals surface area contributed by atoms with Gasteiger partial charge in [0.1, 0.15) is 0 Å². The molecule has 0 heterocycles. The van der Waals surface area contributed by atoms with E-state index in [4.69, 9.17) is 0 Å². The Kier molecular flexibility index (Phi) is 10.9. The first kappa shape index (κ1) is 16.9. The number of allylic oxidation sites excluding steroid dienone is 1. The van der Waals surface area contributed by atoms with Crippen molar-refractivity contribution in [2.24, 2.45) is 0 Å². The quantitative estimate of drug-likeness (QED) is 0.168. The summed E-state index contributed by atoms with van der Waals surface area (Å²) in [7, 11) is -2.26. The second-order valence-corrected chi connectivity index (χ2v) is 9.67. The van der Waals surface area contributed by atoms with Crippen molar-refractivity contribution in [2.45, 2.75) is 83.3 Å². The molecule has 2 heteroatoms. The Morgan fingerprint density at radius 1 is 0.824 bits per heavy atom. The summed E-state index contributed by atoms with van der Waals surface area (Å²) in [6, 6.07) is 0.856. The van der Waals surface area contributed by atoms with Crippen LogP contribution >= 0.6 is 0 Å². The first-order chi connectivity index (χ1) is 8.06. The van der Waals surface area contributed by atoms with E-state index in [9.17, 15) is 4.11 Å². The van der Waals surface area contributed by atoms with Gasteiger partial charge in [-0.3, -0.25) is 0 Å². The molecular weight excluding hydrogens is 227 g/mol. The van der Waals surface area contributed by atoms with E-state index in [-0.39, 0.29) is 0 Å². The highest BCUT2D eigenvalue weighted by molar-refractivity contribution is 6.70. The molecule has 0 aliphatic carbocycles. The fraction of sp³-hybridized carbons (Fsp3) is 0.867. The molecule has 0 amide bonds. The summed E-state index contributed by atoms with van der Waals surface area (Å²) in [4.78, 5) is 0. The lowest BCUT2D eigenvalue weighted by Gasteiger charge is -2.09. The molecule has 0 atom stereocenters. The zero-order valence-electron chi connectivity index (χ0n) is 11.9. The number of unbranched alkanes of at least 4 members (excludes halogenated alkanes) is 9. The molecule has 102 valence electrons. The number of rotatable bonds is 12. The molecule has 0 nitrogen and oxygen atoms in total. The van der Waals surface area contributed by atoms with Crippen LogP contribution in [0.25, 0.3) is 0 Å². The van der Waals surface area contributed by atoms with Crippen molar-refractivity contribution in [3.05, 3.63) is 12.7 Å². The molecule has 17 heavy (non-hydrogen) atoms. The van der Waals surface area contributed by atoms with Crippen molar-refractivity contribution in [1.29, 1.82) is 0 Å². The molecule has 0 N–H and O–H groups in total. The van der Waals surface area contributed by atoms with Gasteiger partial charge in [0, 0.05) is 0 Å². The molecule has 0 bridgehead atoms. The van der Waals surface area contributed by atoms with E-state index in [1.807, 2.05) is 19.2 Å². The third-order valence-electron chi connectivity index (χ3n) is 3.18. The van der Waals surface area contributed by atoms with Crippen molar-refractivity contribution in [2.75, 3.05) is 0 Å². The number of hydrogen-bond donors (Lipinski definition) is 0. The molecule has 0 aliphatic rings. The maximum absolute atomic E-state index is 13.3. The maximum atomic E-state index is 13.3. The topological polar surface area (TPSA) is 0 Å². The van der Waals surface area contributed by atoms with E-state index in [0.29, 0.717) is 0 Å². The fourth-order valence-corrected chi connectivity index (χ4v) is 3.16. The standard InChI is InChI=1S/C15H31FSi/c1-4-5-6-7-8-9-10-11-12-13-14-15-17(2,3)16/h4H,1,5-15H2,2-3H3. The molecule has 0 aliphatic heterocycles. The summed E-state index contributed by atoms with van der Waals surface area (Å²) >= 11 is 0. The zero-order valence-corrected chi connectivity index (χ0v) is 12.9. The van der Waals surface area contributed by atoms with Crippen LogP contribution in [0.5, 0.6) is 0 Å². The molecule has 0 saturated carbocycles. The van der Waals surface area contributed by atoms with Crippen molar-refractivity contribution in [1.82, 2.24) is 0 Å². The molecule has 0 unspecified atom stereocenters. The van der Waals surface area contributed by atoms with Gasteiger partial charge in [0.25, 0.3) is 0 Å². The van der Waals surface area contributed by atoms with E-state index < -0.39 is 8.41 Å². The van der Waals surface area contributed by atoms with Crippen LogP contribution in [0.2, 0.25) is 19.1 Å². The van der Waals surface area contributed by atoms with Gasteiger partial charge in [-0.25, -0.2) is 0 Å². The highest BCUT2D eigenvalue weighted by Gasteiger charge is 2.18. The summed E-state index contributed by atoms with van der Waals surface area (Å²) in [5.41, 5.74) is 0. The van der Waals surface area contributed by atoms with Crippen LogP contribution in [-0.4, -0.2) is 8.41 Å². The number of hydrogen-bond acceptors (Lipinski definition) is 0. The molecular formula is C15H31FSi. The maximum Gasteiger partial charge on any atom is 0.240 e. The fourth-order valence-electron chi connectivity index (χ4n) is 2.07. The smallest absolute Gasteiger partial charge is 0.240 e. The third kappa shape index (κ3) is 15.9. The van der Waals surface area contributed by atoms with Gasteiger partial charge in [-0.05, 0) is 32.0 Å². The van der Waals surface area contributed by atoms with Crippen LogP contribution in [0.15, 0.2) is 12.7 Å². The zero-order chi connectivity index (χ0) is 13.0. The van der Waals surface area contributed by atoms with Gasteiger partial charge in [0.2, 0.25) is 8.41 Å². The van der Waals surface area contributed by atoms with Crippen LogP contribution in [-0.2, 0) is 0 Å². The molecule has 0 radical (unpaired) electrons. The lowest BCUT2D eigenvalue weighted by atomic mass is 10.1. The normalized spacial score (nSPS) is 11.7. The van der Waals surface area contributed by atoms with Crippen LogP contribution in [0.3, 0.4) is 0 Å². The minimum absolute atomic E-state index is 0.856. The summed E-state index contributed by atoms with van der Waals surface area (Å²) in [6.07, 6.45) is 14.9. The average Bonchev–Trinajstić information content (AvgIpc) is 2.24. The lowest BCUT2D eigenvalue weighted by molar-refractivity contribution is 0.564. The largest absolute Gasteiger partial charge is 0.314 e. The Morgan fingerprint density at radius 3 is 1.65 bits per heavy atom. The molecule has 0 fully saturated rings. The van der Waals surface area contributed by atoms with Gasteiger partial charge in [0.05, 0.1) is 0 Å². The summed E-state index contributed by atoms with van der Waals surface area (Å²) < 4.78 is 13.3. The predicted octanol–water partition coefficient (Wildman–Crippen LogP) is 6.25. The number of halogens is 1. The van der Waals surface area contributed by atoms with Crippen molar-refractivity contribution < 1.29 is 4.11 Å². The summed E-state index contributed by atoms with van der Waals surface area (Å²) in [5, 5.41) is 0. The highest BCUT2D eigenvalue weighted by Crippen LogP contribution is 2.17. The van der Waals surface area contributed by atoms with Crippen LogP contribution in [0, 0.1) is 0 Å². The first-order valence-corrected chi connectivity index (χ1v) is 10.4. The molecule has 0 saturated heterocycles. The monoisotopic (exact) mass is 258 g/mol. The Balaban J connectivity index is 3.01. The second kappa shape index (κ2) is 11.0. The van der Waals surface area contributed by atoms with Crippen molar-refractivity contribution in [3.63, 3.8) is 0 Å². The van der Waals surface area contributed by atoms with E-state index in [1.54, 1.807) is 0 Å². The highest BCUT2D eigenvalue weighted by atomic mass is 28.4. The predicted molar refractivity (Wildman–Crippen MR) is 79.8 cm³/mol. The minimum Gasteiger partial charge on any atom is -0.314 e. The van der Waals surface area contributed by atoms with Gasteiger partial charge in [-0.1, -0.05) is 57.4 Å². The average molecular weight is 258 g/mol. The summed E-state index contributed by atoms with van der Waals surface area (Å²) in [5.74, 6) is 0. The Labute approximate surface area is 109 Å². The van der Waals surface area contributed by atoms with Gasteiger partial charge >= 0.3 is 0 Å². The van der Waals surface area contributed by atoms with Crippen molar-refractivity contribution in [3.8, 4) is 0 Å². The third-order valence-corrected chi connectivity index (χ3v) is 4.72. The molecule has 0 aromatic heterocycles. The minimum atomic E-state index is -2.26. The van der Waals surface area contributed by atoms with Gasteiger partial charge < -0.3 is 4.11 Å². The van der Waals surface area contributed by atoms with E-state index in [2.05, 4.69) is 6.58 Å². The van der Waals surface area contributed by atoms with E-state index >= 15 is 0 Å². The molecule has 0 aromatic rings. The van der Waals surface area contributed by atoms with Crippen LogP contribution in [0.1, 0.15) is 64.2 Å². The van der Waals surface area contributed by atoms with Crippen LogP contribution in [0.4, 0.5) is 4.11 Å². The van der Waals surface area contributed by atoms with E-state index in [1.165, 1.54) is 57.8 Å². The van der Waals surface area contributed by atoms with E-state index in [0.717, 1.165) is 12.5 Å². The van der Waals surface area contributed by atoms with Gasteiger partial charge in [-0.2, -0.15) is 0 Å². The Morgan fingerprint density at radius 2 is 1.24 bits per heavy atom. The Hall–Kier alpha value is -0.113. The lowest BCUT2D eigenvalue weighted by Crippen LogP contribution is -2.16. The molecule has 0 rings (SSSR count). The second-order valence-electron chi connectivity index (χ2n) is 5.73. The van der Waals surface area contributed by atoms with Crippen molar-refractivity contribution >= 4 is 8.41 Å². The molecule has 0 aromatic carbocycles. The van der Waals surface area contributed by atoms with Gasteiger partial charge in [-0.15, -0.1) is 6.58 Å².